The van der Waals surface area contributed by atoms with E-state index in [1.807, 2.05) is 0 Å². The van der Waals surface area contributed by atoms with Gasteiger partial charge in [-0.15, -0.1) is 0 Å². The zero-order valence-corrected chi connectivity index (χ0v) is 11.7. The van der Waals surface area contributed by atoms with Gasteiger partial charge in [0.1, 0.15) is 11.2 Å². The summed E-state index contributed by atoms with van der Waals surface area (Å²) in [6.07, 6.45) is 4.67. The summed E-state index contributed by atoms with van der Waals surface area (Å²) >= 11 is 0. The summed E-state index contributed by atoms with van der Waals surface area (Å²) < 4.78 is 0. The van der Waals surface area contributed by atoms with Gasteiger partial charge in [0, 0.05) is 5.69 Å². The molecule has 5 nitrogen and oxygen atoms in total. The summed E-state index contributed by atoms with van der Waals surface area (Å²) in [5.74, 6) is -1.35. The zero-order valence-electron chi connectivity index (χ0n) is 11.7. The molecular formula is C15H20N2O3. The molecule has 1 aliphatic carbocycles. The van der Waals surface area contributed by atoms with Crippen molar-refractivity contribution in [3.05, 3.63) is 29.6 Å². The van der Waals surface area contributed by atoms with Gasteiger partial charge in [-0.1, -0.05) is 31.7 Å². The average molecular weight is 276 g/mol. The van der Waals surface area contributed by atoms with Crippen molar-refractivity contribution in [1.82, 2.24) is 10.3 Å². The number of aryl methyl sites for hydroxylation is 1. The minimum atomic E-state index is -1.14. The van der Waals surface area contributed by atoms with Gasteiger partial charge in [0.25, 0.3) is 5.91 Å². The molecule has 0 saturated heterocycles. The number of carbonyl (C=O) groups excluding carboxylic acids is 1. The molecule has 1 saturated carbocycles. The first-order valence-electron chi connectivity index (χ1n) is 7.03. The summed E-state index contributed by atoms with van der Waals surface area (Å²) in [5, 5.41) is 12.2. The van der Waals surface area contributed by atoms with Crippen molar-refractivity contribution in [1.29, 1.82) is 0 Å². The van der Waals surface area contributed by atoms with Gasteiger partial charge in [0.15, 0.2) is 0 Å². The number of hydrogen-bond donors (Lipinski definition) is 2. The lowest BCUT2D eigenvalue weighted by atomic mass is 9.90. The van der Waals surface area contributed by atoms with E-state index in [9.17, 15) is 14.7 Å². The molecule has 1 fully saturated rings. The smallest absolute Gasteiger partial charge is 0.329 e. The molecule has 0 unspecified atom stereocenters. The molecule has 1 aromatic heterocycles. The maximum atomic E-state index is 12.3. The van der Waals surface area contributed by atoms with E-state index in [1.54, 1.807) is 25.1 Å². The molecule has 0 aliphatic heterocycles. The van der Waals surface area contributed by atoms with Gasteiger partial charge >= 0.3 is 5.97 Å². The molecular weight excluding hydrogens is 256 g/mol. The van der Waals surface area contributed by atoms with Gasteiger partial charge in [-0.25, -0.2) is 9.78 Å². The Labute approximate surface area is 118 Å². The van der Waals surface area contributed by atoms with Gasteiger partial charge < -0.3 is 10.4 Å². The molecule has 1 heterocycles. The van der Waals surface area contributed by atoms with E-state index in [-0.39, 0.29) is 5.69 Å². The van der Waals surface area contributed by atoms with E-state index in [0.717, 1.165) is 31.4 Å². The molecule has 1 amide bonds. The number of nitrogens with zero attached hydrogens (tertiary/aromatic N) is 1. The molecule has 0 aromatic carbocycles. The van der Waals surface area contributed by atoms with Crippen LogP contribution in [-0.4, -0.2) is 27.5 Å². The van der Waals surface area contributed by atoms with Crippen LogP contribution in [0.3, 0.4) is 0 Å². The summed E-state index contributed by atoms with van der Waals surface area (Å²) in [7, 11) is 0. The number of pyridine rings is 1. The zero-order chi connectivity index (χ0) is 14.6. The lowest BCUT2D eigenvalue weighted by molar-refractivity contribution is -0.145. The molecule has 2 rings (SSSR count). The Kier molecular flexibility index (Phi) is 4.37. The molecule has 0 atom stereocenters. The van der Waals surface area contributed by atoms with E-state index >= 15 is 0 Å². The Balaban J connectivity index is 2.19. The van der Waals surface area contributed by atoms with Crippen LogP contribution in [0.5, 0.6) is 0 Å². The van der Waals surface area contributed by atoms with E-state index in [1.165, 1.54) is 0 Å². The highest BCUT2D eigenvalue weighted by atomic mass is 16.4. The molecule has 1 aromatic rings. The molecule has 5 heteroatoms. The quantitative estimate of drug-likeness (QED) is 0.830. The number of hydrogen-bond acceptors (Lipinski definition) is 3. The van der Waals surface area contributed by atoms with Crippen LogP contribution in [0.2, 0.25) is 0 Å². The normalized spacial score (nSPS) is 18.1. The van der Waals surface area contributed by atoms with Crippen LogP contribution in [0.15, 0.2) is 18.2 Å². The Morgan fingerprint density at radius 2 is 1.85 bits per heavy atom. The largest absolute Gasteiger partial charge is 0.480 e. The average Bonchev–Trinajstić information content (AvgIpc) is 2.65. The van der Waals surface area contributed by atoms with Crippen molar-refractivity contribution in [2.75, 3.05) is 0 Å². The maximum absolute atomic E-state index is 12.3. The van der Waals surface area contributed by atoms with Crippen molar-refractivity contribution in [2.24, 2.45) is 0 Å². The number of aromatic nitrogens is 1. The van der Waals surface area contributed by atoms with Gasteiger partial charge in [-0.05, 0) is 31.9 Å². The van der Waals surface area contributed by atoms with Gasteiger partial charge in [-0.3, -0.25) is 4.79 Å². The van der Waals surface area contributed by atoms with Crippen LogP contribution in [-0.2, 0) is 4.79 Å². The first-order chi connectivity index (χ1) is 9.53. The third kappa shape index (κ3) is 3.15. The predicted molar refractivity (Wildman–Crippen MR) is 74.5 cm³/mol. The molecule has 1 aliphatic rings. The Bertz CT molecular complexity index is 506. The standard InChI is InChI=1S/C15H20N2O3/c1-11-7-6-8-12(16-11)13(18)17-15(14(19)20)9-4-2-3-5-10-15/h6-8H,2-5,9-10H2,1H3,(H,17,18)(H,19,20). The fourth-order valence-electron chi connectivity index (χ4n) is 2.68. The molecule has 0 spiro atoms. The Morgan fingerprint density at radius 3 is 2.40 bits per heavy atom. The number of nitrogens with one attached hydrogen (secondary N) is 1. The van der Waals surface area contributed by atoms with Crippen molar-refractivity contribution in [3.8, 4) is 0 Å². The van der Waals surface area contributed by atoms with Gasteiger partial charge in [0.05, 0.1) is 0 Å². The topological polar surface area (TPSA) is 79.3 Å². The van der Waals surface area contributed by atoms with Gasteiger partial charge in [-0.2, -0.15) is 0 Å². The van der Waals surface area contributed by atoms with E-state index in [4.69, 9.17) is 0 Å². The number of carbonyl (C=O) groups is 2. The van der Waals surface area contributed by atoms with Crippen LogP contribution in [0.1, 0.15) is 54.7 Å². The first-order valence-corrected chi connectivity index (χ1v) is 7.03. The fourth-order valence-corrected chi connectivity index (χ4v) is 2.68. The Hall–Kier alpha value is -1.91. The van der Waals surface area contributed by atoms with Crippen LogP contribution < -0.4 is 5.32 Å². The van der Waals surface area contributed by atoms with Crippen molar-refractivity contribution in [3.63, 3.8) is 0 Å². The lowest BCUT2D eigenvalue weighted by Crippen LogP contribution is -2.54. The highest BCUT2D eigenvalue weighted by Gasteiger charge is 2.40. The van der Waals surface area contributed by atoms with Crippen molar-refractivity contribution in [2.45, 2.75) is 51.0 Å². The van der Waals surface area contributed by atoms with Crippen molar-refractivity contribution < 1.29 is 14.7 Å². The minimum Gasteiger partial charge on any atom is -0.480 e. The minimum absolute atomic E-state index is 0.273. The second-order valence-corrected chi connectivity index (χ2v) is 5.42. The summed E-state index contributed by atoms with van der Waals surface area (Å²) in [6.45, 7) is 1.80. The second-order valence-electron chi connectivity index (χ2n) is 5.42. The number of carboxylic acid groups (broad SMARTS) is 1. The first kappa shape index (κ1) is 14.5. The Morgan fingerprint density at radius 1 is 1.20 bits per heavy atom. The summed E-state index contributed by atoms with van der Waals surface area (Å²) in [5.41, 5.74) is -0.128. The van der Waals surface area contributed by atoms with Crippen LogP contribution in [0.4, 0.5) is 0 Å². The van der Waals surface area contributed by atoms with E-state index in [0.29, 0.717) is 12.8 Å². The number of carboxylic acids is 1. The fraction of sp³-hybridized carbons (Fsp3) is 0.533. The van der Waals surface area contributed by atoms with E-state index in [2.05, 4.69) is 10.3 Å². The monoisotopic (exact) mass is 276 g/mol. The molecule has 2 N–H and O–H groups in total. The van der Waals surface area contributed by atoms with Crippen LogP contribution in [0.25, 0.3) is 0 Å². The SMILES string of the molecule is Cc1cccc(C(=O)NC2(C(=O)O)CCCCCC2)n1. The molecule has 108 valence electrons. The van der Waals surface area contributed by atoms with Gasteiger partial charge in [0.2, 0.25) is 0 Å². The molecule has 20 heavy (non-hydrogen) atoms. The van der Waals surface area contributed by atoms with Crippen LogP contribution in [0, 0.1) is 6.92 Å². The highest BCUT2D eigenvalue weighted by Crippen LogP contribution is 2.27. The number of rotatable bonds is 3. The number of aliphatic carboxylic acids is 1. The molecule has 0 bridgehead atoms. The summed E-state index contributed by atoms with van der Waals surface area (Å²) in [4.78, 5) is 28.0. The summed E-state index contributed by atoms with van der Waals surface area (Å²) in [6, 6.07) is 5.15. The maximum Gasteiger partial charge on any atom is 0.329 e. The second kappa shape index (κ2) is 6.03. The lowest BCUT2D eigenvalue weighted by Gasteiger charge is -2.29. The third-order valence-electron chi connectivity index (χ3n) is 3.84. The highest BCUT2D eigenvalue weighted by molar-refractivity contribution is 5.96. The van der Waals surface area contributed by atoms with Crippen LogP contribution >= 0.6 is 0 Å². The third-order valence-corrected chi connectivity index (χ3v) is 3.84. The van der Waals surface area contributed by atoms with E-state index < -0.39 is 17.4 Å². The number of amides is 1. The molecule has 0 radical (unpaired) electrons. The predicted octanol–water partition coefficient (Wildman–Crippen LogP) is 2.30. The van der Waals surface area contributed by atoms with Crippen molar-refractivity contribution >= 4 is 11.9 Å².